The van der Waals surface area contributed by atoms with Crippen LogP contribution in [0, 0.1) is 18.3 Å². The minimum absolute atomic E-state index is 0.284. The summed E-state index contributed by atoms with van der Waals surface area (Å²) in [5, 5.41) is 9.53. The Kier molecular flexibility index (Phi) is 4.35. The van der Waals surface area contributed by atoms with Gasteiger partial charge in [0.25, 0.3) is 0 Å². The van der Waals surface area contributed by atoms with E-state index in [-0.39, 0.29) is 11.8 Å². The van der Waals surface area contributed by atoms with Crippen molar-refractivity contribution in [1.29, 1.82) is 5.26 Å². The fourth-order valence-electron chi connectivity index (χ4n) is 1.94. The maximum absolute atomic E-state index is 8.81. The average Bonchev–Trinajstić information content (AvgIpc) is 2.43. The zero-order valence-electron chi connectivity index (χ0n) is 12.1. The lowest BCUT2D eigenvalue weighted by Gasteiger charge is -2.14. The quantitative estimate of drug-likeness (QED) is 0.911. The largest absolute Gasteiger partial charge is 0.437 e. The standard InChI is InChI=1S/C16H16ClN3O/c1-9(2)12-6-15(10(3)4-13(12)17)21-16-14(19)5-11(7-18)8-20-16/h4-6,8-9H,19H2,1-3H3. The van der Waals surface area contributed by atoms with Crippen LogP contribution in [0.2, 0.25) is 5.02 Å². The van der Waals surface area contributed by atoms with E-state index in [0.29, 0.717) is 17.0 Å². The van der Waals surface area contributed by atoms with Gasteiger partial charge in [0.2, 0.25) is 5.88 Å². The molecule has 2 aromatic rings. The average molecular weight is 302 g/mol. The number of benzene rings is 1. The molecule has 0 bridgehead atoms. The predicted molar refractivity (Wildman–Crippen MR) is 83.7 cm³/mol. The number of pyridine rings is 1. The summed E-state index contributed by atoms with van der Waals surface area (Å²) in [4.78, 5) is 4.08. The van der Waals surface area contributed by atoms with Gasteiger partial charge in [-0.2, -0.15) is 5.26 Å². The monoisotopic (exact) mass is 301 g/mol. The van der Waals surface area contributed by atoms with E-state index in [2.05, 4.69) is 18.8 Å². The van der Waals surface area contributed by atoms with Crippen molar-refractivity contribution in [3.8, 4) is 17.7 Å². The van der Waals surface area contributed by atoms with Crippen LogP contribution in [0.15, 0.2) is 24.4 Å². The predicted octanol–water partition coefficient (Wildman–Crippen LogP) is 4.41. The summed E-state index contributed by atoms with van der Waals surface area (Å²) in [7, 11) is 0. The molecule has 1 aromatic heterocycles. The summed E-state index contributed by atoms with van der Waals surface area (Å²) < 4.78 is 5.78. The summed E-state index contributed by atoms with van der Waals surface area (Å²) >= 11 is 6.24. The third kappa shape index (κ3) is 3.26. The molecule has 2 rings (SSSR count). The van der Waals surface area contributed by atoms with Crippen LogP contribution in [-0.4, -0.2) is 4.98 Å². The van der Waals surface area contributed by atoms with Crippen molar-refractivity contribution in [1.82, 2.24) is 4.98 Å². The molecular formula is C16H16ClN3O. The van der Waals surface area contributed by atoms with Crippen molar-refractivity contribution in [2.75, 3.05) is 5.73 Å². The number of hydrogen-bond donors (Lipinski definition) is 1. The molecule has 1 aromatic carbocycles. The molecule has 2 N–H and O–H groups in total. The van der Waals surface area contributed by atoms with Crippen LogP contribution < -0.4 is 10.5 Å². The van der Waals surface area contributed by atoms with Crippen LogP contribution in [-0.2, 0) is 0 Å². The summed E-state index contributed by atoms with van der Waals surface area (Å²) in [6.45, 7) is 6.04. The molecule has 21 heavy (non-hydrogen) atoms. The number of anilines is 1. The van der Waals surface area contributed by atoms with Crippen LogP contribution in [0.3, 0.4) is 0 Å². The lowest BCUT2D eigenvalue weighted by Crippen LogP contribution is -1.99. The third-order valence-corrected chi connectivity index (χ3v) is 3.46. The van der Waals surface area contributed by atoms with Gasteiger partial charge in [0.15, 0.2) is 0 Å². The SMILES string of the molecule is Cc1cc(Cl)c(C(C)C)cc1Oc1ncc(C#N)cc1N. The first-order valence-electron chi connectivity index (χ1n) is 6.56. The smallest absolute Gasteiger partial charge is 0.242 e. The van der Waals surface area contributed by atoms with Gasteiger partial charge in [-0.25, -0.2) is 4.98 Å². The Labute approximate surface area is 129 Å². The topological polar surface area (TPSA) is 71.9 Å². The normalized spacial score (nSPS) is 10.5. The second kappa shape index (κ2) is 6.02. The highest BCUT2D eigenvalue weighted by Crippen LogP contribution is 2.34. The Morgan fingerprint density at radius 1 is 1.33 bits per heavy atom. The number of aryl methyl sites for hydroxylation is 1. The summed E-state index contributed by atoms with van der Waals surface area (Å²) in [6.07, 6.45) is 1.43. The Balaban J connectivity index is 2.40. The fraction of sp³-hybridized carbons (Fsp3) is 0.250. The Hall–Kier alpha value is -2.25. The molecule has 0 atom stereocenters. The van der Waals surface area contributed by atoms with Gasteiger partial charge in [0.1, 0.15) is 11.8 Å². The van der Waals surface area contributed by atoms with E-state index in [4.69, 9.17) is 27.3 Å². The number of aromatic nitrogens is 1. The van der Waals surface area contributed by atoms with Crippen molar-refractivity contribution >= 4 is 17.3 Å². The lowest BCUT2D eigenvalue weighted by atomic mass is 10.0. The molecule has 0 spiro atoms. The number of nitrogens with zero attached hydrogens (tertiary/aromatic N) is 2. The number of hydrogen-bond acceptors (Lipinski definition) is 4. The van der Waals surface area contributed by atoms with E-state index in [0.717, 1.165) is 16.1 Å². The molecule has 108 valence electrons. The van der Waals surface area contributed by atoms with Crippen LogP contribution >= 0.6 is 11.6 Å². The van der Waals surface area contributed by atoms with Crippen LogP contribution in [0.5, 0.6) is 11.6 Å². The molecule has 0 unspecified atom stereocenters. The van der Waals surface area contributed by atoms with E-state index in [1.807, 2.05) is 25.1 Å². The van der Waals surface area contributed by atoms with Gasteiger partial charge >= 0.3 is 0 Å². The van der Waals surface area contributed by atoms with E-state index in [1.54, 1.807) is 0 Å². The molecule has 0 aliphatic rings. The van der Waals surface area contributed by atoms with E-state index in [9.17, 15) is 0 Å². The van der Waals surface area contributed by atoms with Crippen LogP contribution in [0.1, 0.15) is 36.5 Å². The van der Waals surface area contributed by atoms with Gasteiger partial charge in [-0.05, 0) is 42.2 Å². The Morgan fingerprint density at radius 2 is 2.05 bits per heavy atom. The second-order valence-electron chi connectivity index (χ2n) is 5.13. The first-order chi connectivity index (χ1) is 9.92. The molecule has 4 nitrogen and oxygen atoms in total. The Bertz CT molecular complexity index is 720. The van der Waals surface area contributed by atoms with Crippen LogP contribution in [0.4, 0.5) is 5.69 Å². The highest BCUT2D eigenvalue weighted by atomic mass is 35.5. The minimum Gasteiger partial charge on any atom is -0.437 e. The Morgan fingerprint density at radius 3 is 2.62 bits per heavy atom. The molecular weight excluding hydrogens is 286 g/mol. The number of nitriles is 1. The van der Waals surface area contributed by atoms with E-state index in [1.165, 1.54) is 12.3 Å². The van der Waals surface area contributed by atoms with Gasteiger partial charge in [0, 0.05) is 11.2 Å². The highest BCUT2D eigenvalue weighted by Gasteiger charge is 2.12. The second-order valence-corrected chi connectivity index (χ2v) is 5.53. The van der Waals surface area contributed by atoms with Crippen molar-refractivity contribution in [2.45, 2.75) is 26.7 Å². The minimum atomic E-state index is 0.284. The maximum atomic E-state index is 8.81. The molecule has 0 aliphatic heterocycles. The van der Waals surface area contributed by atoms with Gasteiger partial charge in [-0.15, -0.1) is 0 Å². The maximum Gasteiger partial charge on any atom is 0.242 e. The van der Waals surface area contributed by atoms with Crippen molar-refractivity contribution in [3.63, 3.8) is 0 Å². The first kappa shape index (κ1) is 15.1. The third-order valence-electron chi connectivity index (χ3n) is 3.13. The summed E-state index contributed by atoms with van der Waals surface area (Å²) in [5.41, 5.74) is 8.49. The number of nitrogen functional groups attached to an aromatic ring is 1. The van der Waals surface area contributed by atoms with Crippen molar-refractivity contribution < 1.29 is 4.74 Å². The molecule has 0 aliphatic carbocycles. The molecule has 5 heteroatoms. The molecule has 0 amide bonds. The highest BCUT2D eigenvalue weighted by molar-refractivity contribution is 6.31. The number of halogens is 1. The molecule has 0 saturated heterocycles. The zero-order chi connectivity index (χ0) is 15.6. The summed E-state index contributed by atoms with van der Waals surface area (Å²) in [5.74, 6) is 1.23. The van der Waals surface area contributed by atoms with Gasteiger partial charge < -0.3 is 10.5 Å². The van der Waals surface area contributed by atoms with E-state index >= 15 is 0 Å². The molecule has 0 fully saturated rings. The number of ether oxygens (including phenoxy) is 1. The molecule has 0 saturated carbocycles. The van der Waals surface area contributed by atoms with Crippen molar-refractivity contribution in [3.05, 3.63) is 46.1 Å². The van der Waals surface area contributed by atoms with Gasteiger partial charge in [-0.1, -0.05) is 25.4 Å². The summed E-state index contributed by atoms with van der Waals surface area (Å²) in [6, 6.07) is 7.30. The zero-order valence-corrected chi connectivity index (χ0v) is 12.9. The fourth-order valence-corrected chi connectivity index (χ4v) is 2.38. The van der Waals surface area contributed by atoms with Crippen LogP contribution in [0.25, 0.3) is 0 Å². The lowest BCUT2D eigenvalue weighted by molar-refractivity contribution is 0.461. The number of nitrogens with two attached hydrogens (primary N) is 1. The molecule has 0 radical (unpaired) electrons. The van der Waals surface area contributed by atoms with E-state index < -0.39 is 0 Å². The van der Waals surface area contributed by atoms with Gasteiger partial charge in [0.05, 0.1) is 11.3 Å². The number of rotatable bonds is 3. The van der Waals surface area contributed by atoms with Crippen molar-refractivity contribution in [2.24, 2.45) is 0 Å². The van der Waals surface area contributed by atoms with Gasteiger partial charge in [-0.3, -0.25) is 0 Å². The first-order valence-corrected chi connectivity index (χ1v) is 6.93. The molecule has 1 heterocycles.